The summed E-state index contributed by atoms with van der Waals surface area (Å²) >= 11 is 0. The number of carbonyl (C=O) groups excluding carboxylic acids is 1. The molecule has 0 bridgehead atoms. The molecule has 2 aromatic heterocycles. The summed E-state index contributed by atoms with van der Waals surface area (Å²) in [5, 5.41) is 24.5. The van der Waals surface area contributed by atoms with E-state index in [1.807, 2.05) is 64.1 Å². The molecule has 4 N–H and O–H groups in total. The third-order valence-corrected chi connectivity index (χ3v) is 7.51. The standard InChI is InChI=1S/C31H32N6O2/c1-18-11-23(19(2)35-26-8-6-5-7-22(26)30(33)38)25-13-24(28(14-32)36-27(25)12-18)20-9-10-29(34-15-20)37-16-21(17-37)31(3,4)39/h5-13,15,19,21,35,39H,16-17H2,1-4H3,(H2,33,38)/t19-/m1/s1. The van der Waals surface area contributed by atoms with E-state index in [2.05, 4.69) is 27.3 Å². The molecule has 0 radical (unpaired) electrons. The van der Waals surface area contributed by atoms with E-state index in [9.17, 15) is 15.2 Å². The Kier molecular flexibility index (Phi) is 6.71. The minimum Gasteiger partial charge on any atom is -0.390 e. The number of hydrogen-bond acceptors (Lipinski definition) is 7. The van der Waals surface area contributed by atoms with Crippen LogP contribution < -0.4 is 16.0 Å². The van der Waals surface area contributed by atoms with Crippen molar-refractivity contribution in [2.75, 3.05) is 23.3 Å². The number of primary amides is 1. The van der Waals surface area contributed by atoms with Crippen molar-refractivity contribution >= 4 is 28.3 Å². The smallest absolute Gasteiger partial charge is 0.250 e. The first-order valence-electron chi connectivity index (χ1n) is 13.0. The van der Waals surface area contributed by atoms with Gasteiger partial charge in [-0.15, -0.1) is 0 Å². The molecule has 0 unspecified atom stereocenters. The Balaban J connectivity index is 1.50. The Bertz CT molecular complexity index is 1590. The quantitative estimate of drug-likeness (QED) is 0.314. The zero-order chi connectivity index (χ0) is 27.9. The predicted octanol–water partition coefficient (Wildman–Crippen LogP) is 4.96. The lowest BCUT2D eigenvalue weighted by Gasteiger charge is -2.45. The van der Waals surface area contributed by atoms with Crippen LogP contribution in [0.25, 0.3) is 22.0 Å². The number of amides is 1. The van der Waals surface area contributed by atoms with Crippen molar-refractivity contribution in [3.8, 4) is 17.2 Å². The van der Waals surface area contributed by atoms with E-state index < -0.39 is 11.5 Å². The number of benzene rings is 2. The third-order valence-electron chi connectivity index (χ3n) is 7.51. The van der Waals surface area contributed by atoms with E-state index in [-0.39, 0.29) is 12.0 Å². The summed E-state index contributed by atoms with van der Waals surface area (Å²) in [5.41, 5.74) is 10.5. The van der Waals surface area contributed by atoms with Crippen molar-refractivity contribution in [3.05, 3.63) is 83.2 Å². The molecule has 8 heteroatoms. The number of pyridine rings is 2. The molecular formula is C31H32N6O2. The first-order valence-corrected chi connectivity index (χ1v) is 13.0. The highest BCUT2D eigenvalue weighted by Crippen LogP contribution is 2.35. The van der Waals surface area contributed by atoms with Crippen LogP contribution >= 0.6 is 0 Å². The van der Waals surface area contributed by atoms with Gasteiger partial charge in [0.15, 0.2) is 0 Å². The molecule has 1 fully saturated rings. The minimum absolute atomic E-state index is 0.175. The van der Waals surface area contributed by atoms with E-state index >= 15 is 0 Å². The Morgan fingerprint density at radius 3 is 2.59 bits per heavy atom. The van der Waals surface area contributed by atoms with Gasteiger partial charge in [-0.25, -0.2) is 9.97 Å². The highest BCUT2D eigenvalue weighted by Gasteiger charge is 2.38. The van der Waals surface area contributed by atoms with Gasteiger partial charge in [-0.1, -0.05) is 18.2 Å². The molecule has 4 aromatic rings. The number of para-hydroxylation sites is 1. The van der Waals surface area contributed by atoms with Crippen molar-refractivity contribution < 1.29 is 9.90 Å². The van der Waals surface area contributed by atoms with Crippen LogP contribution in [-0.2, 0) is 0 Å². The second-order valence-electron chi connectivity index (χ2n) is 10.9. The maximum atomic E-state index is 11.9. The molecule has 1 atom stereocenters. The summed E-state index contributed by atoms with van der Waals surface area (Å²) in [5.74, 6) is 0.557. The number of nitrogens with two attached hydrogens (primary N) is 1. The molecule has 2 aromatic carbocycles. The van der Waals surface area contributed by atoms with Crippen LogP contribution in [0.4, 0.5) is 11.5 Å². The second kappa shape index (κ2) is 10.0. The molecule has 0 spiro atoms. The highest BCUT2D eigenvalue weighted by molar-refractivity contribution is 5.98. The highest BCUT2D eigenvalue weighted by atomic mass is 16.3. The van der Waals surface area contributed by atoms with E-state index in [0.717, 1.165) is 46.5 Å². The van der Waals surface area contributed by atoms with E-state index in [4.69, 9.17) is 10.7 Å². The fourth-order valence-corrected chi connectivity index (χ4v) is 5.09. The maximum Gasteiger partial charge on any atom is 0.250 e. The summed E-state index contributed by atoms with van der Waals surface area (Å²) in [7, 11) is 0. The van der Waals surface area contributed by atoms with Crippen LogP contribution in [-0.4, -0.2) is 39.7 Å². The molecule has 1 aliphatic heterocycles. The number of anilines is 2. The molecule has 0 saturated carbocycles. The fraction of sp³-hybridized carbons (Fsp3) is 0.290. The van der Waals surface area contributed by atoms with Crippen LogP contribution in [0.1, 0.15) is 54.0 Å². The average Bonchev–Trinajstić information content (AvgIpc) is 2.86. The molecule has 39 heavy (non-hydrogen) atoms. The Hall–Kier alpha value is -4.48. The molecule has 5 rings (SSSR count). The SMILES string of the molecule is Cc1cc([C@@H](C)Nc2ccccc2C(N)=O)c2cc(-c3ccc(N4CC(C(C)(C)O)C4)nc3)c(C#N)nc2c1. The van der Waals surface area contributed by atoms with Crippen molar-refractivity contribution in [1.29, 1.82) is 5.26 Å². The molecule has 8 nitrogen and oxygen atoms in total. The number of nitrogens with zero attached hydrogens (tertiary/aromatic N) is 4. The van der Waals surface area contributed by atoms with Crippen molar-refractivity contribution in [1.82, 2.24) is 9.97 Å². The molecule has 198 valence electrons. The first kappa shape index (κ1) is 26.1. The van der Waals surface area contributed by atoms with Crippen LogP contribution in [0, 0.1) is 24.2 Å². The number of rotatable bonds is 7. The normalized spacial score (nSPS) is 14.5. The van der Waals surface area contributed by atoms with Gasteiger partial charge in [0.05, 0.1) is 16.7 Å². The van der Waals surface area contributed by atoms with Crippen LogP contribution in [0.15, 0.2) is 60.8 Å². The van der Waals surface area contributed by atoms with Gasteiger partial charge in [-0.05, 0) is 75.2 Å². The van der Waals surface area contributed by atoms with Crippen molar-refractivity contribution in [2.24, 2.45) is 11.7 Å². The Morgan fingerprint density at radius 1 is 1.21 bits per heavy atom. The number of aromatic nitrogens is 2. The number of aryl methyl sites for hydroxylation is 1. The molecule has 1 amide bonds. The fourth-order valence-electron chi connectivity index (χ4n) is 5.09. The largest absolute Gasteiger partial charge is 0.390 e. The Morgan fingerprint density at radius 2 is 1.95 bits per heavy atom. The van der Waals surface area contributed by atoms with Crippen molar-refractivity contribution in [2.45, 2.75) is 39.3 Å². The molecule has 1 saturated heterocycles. The zero-order valence-corrected chi connectivity index (χ0v) is 22.6. The van der Waals surface area contributed by atoms with Crippen molar-refractivity contribution in [3.63, 3.8) is 0 Å². The van der Waals surface area contributed by atoms with E-state index in [0.29, 0.717) is 22.5 Å². The van der Waals surface area contributed by atoms with Gasteiger partial charge in [-0.2, -0.15) is 5.26 Å². The number of carbonyl (C=O) groups is 1. The molecule has 1 aliphatic rings. The molecule has 3 heterocycles. The molecular weight excluding hydrogens is 488 g/mol. The summed E-state index contributed by atoms with van der Waals surface area (Å²) < 4.78 is 0. The summed E-state index contributed by atoms with van der Waals surface area (Å²) in [6.07, 6.45) is 1.77. The Labute approximate surface area is 228 Å². The van der Waals surface area contributed by atoms with Gasteiger partial charge in [0, 0.05) is 53.4 Å². The summed E-state index contributed by atoms with van der Waals surface area (Å²) in [6, 6.07) is 19.2. The summed E-state index contributed by atoms with van der Waals surface area (Å²) in [4.78, 5) is 23.5. The van der Waals surface area contributed by atoms with E-state index in [1.54, 1.807) is 18.3 Å². The number of hydrogen-bond donors (Lipinski definition) is 3. The van der Waals surface area contributed by atoms with Gasteiger partial charge < -0.3 is 21.1 Å². The third kappa shape index (κ3) is 5.14. The zero-order valence-electron chi connectivity index (χ0n) is 22.6. The van der Waals surface area contributed by atoms with Gasteiger partial charge in [-0.3, -0.25) is 4.79 Å². The summed E-state index contributed by atoms with van der Waals surface area (Å²) in [6.45, 7) is 9.20. The number of nitrogens with one attached hydrogen (secondary N) is 1. The maximum absolute atomic E-state index is 11.9. The van der Waals surface area contributed by atoms with E-state index in [1.165, 1.54) is 0 Å². The van der Waals surface area contributed by atoms with Gasteiger partial charge in [0.25, 0.3) is 5.91 Å². The lowest BCUT2D eigenvalue weighted by molar-refractivity contribution is 0.00438. The number of nitriles is 1. The average molecular weight is 521 g/mol. The minimum atomic E-state index is -0.709. The predicted molar refractivity (Wildman–Crippen MR) is 153 cm³/mol. The lowest BCUT2D eigenvalue weighted by Crippen LogP contribution is -2.56. The van der Waals surface area contributed by atoms with Gasteiger partial charge in [0.1, 0.15) is 17.6 Å². The monoisotopic (exact) mass is 520 g/mol. The van der Waals surface area contributed by atoms with Crippen LogP contribution in [0.2, 0.25) is 0 Å². The van der Waals surface area contributed by atoms with Crippen LogP contribution in [0.3, 0.4) is 0 Å². The van der Waals surface area contributed by atoms with Gasteiger partial charge in [0.2, 0.25) is 0 Å². The van der Waals surface area contributed by atoms with Gasteiger partial charge >= 0.3 is 0 Å². The second-order valence-corrected chi connectivity index (χ2v) is 10.9. The first-order chi connectivity index (χ1) is 18.5. The number of aliphatic hydroxyl groups is 1. The topological polar surface area (TPSA) is 128 Å². The lowest BCUT2D eigenvalue weighted by atomic mass is 9.84. The van der Waals surface area contributed by atoms with Crippen LogP contribution in [0.5, 0.6) is 0 Å². The molecule has 0 aliphatic carbocycles. The number of fused-ring (bicyclic) bond motifs is 1.